The molecule has 1 N–H and O–H groups in total. The maximum absolute atomic E-state index is 12.3. The van der Waals surface area contributed by atoms with E-state index < -0.39 is 0 Å². The van der Waals surface area contributed by atoms with Gasteiger partial charge in [-0.25, -0.2) is 0 Å². The highest BCUT2D eigenvalue weighted by atomic mass is 16.2. The van der Waals surface area contributed by atoms with Crippen molar-refractivity contribution in [2.45, 2.75) is 44.7 Å². The van der Waals surface area contributed by atoms with Gasteiger partial charge in [-0.3, -0.25) is 14.6 Å². The van der Waals surface area contributed by atoms with Crippen molar-refractivity contribution in [3.05, 3.63) is 35.9 Å². The van der Waals surface area contributed by atoms with Crippen LogP contribution in [0.1, 0.15) is 37.7 Å². The zero-order chi connectivity index (χ0) is 18.2. The second-order valence-electron chi connectivity index (χ2n) is 9.50. The number of carbonyl (C=O) groups excluding carboxylic acids is 1. The highest BCUT2D eigenvalue weighted by molar-refractivity contribution is 5.78. The molecule has 0 radical (unpaired) electrons. The van der Waals surface area contributed by atoms with Crippen LogP contribution in [-0.4, -0.2) is 54.5 Å². The van der Waals surface area contributed by atoms with E-state index in [9.17, 15) is 4.79 Å². The Hall–Kier alpha value is -1.39. The topological polar surface area (TPSA) is 35.6 Å². The first kappa shape index (κ1) is 17.7. The van der Waals surface area contributed by atoms with Crippen LogP contribution < -0.4 is 5.32 Å². The Morgan fingerprint density at radius 2 is 1.52 bits per heavy atom. The summed E-state index contributed by atoms with van der Waals surface area (Å²) in [7, 11) is 0. The molecule has 0 spiro atoms. The Kier molecular flexibility index (Phi) is 4.95. The number of hydrogen-bond donors (Lipinski definition) is 1. The summed E-state index contributed by atoms with van der Waals surface area (Å²) in [5, 5.41) is 3.07. The minimum atomic E-state index is 0.155. The van der Waals surface area contributed by atoms with Crippen LogP contribution >= 0.6 is 0 Å². The number of nitrogens with one attached hydrogen (secondary N) is 1. The number of nitrogens with zero attached hydrogens (tertiary/aromatic N) is 2. The van der Waals surface area contributed by atoms with Crippen molar-refractivity contribution in [1.29, 1.82) is 0 Å². The molecule has 0 aromatic heterocycles. The summed E-state index contributed by atoms with van der Waals surface area (Å²) in [6.07, 6.45) is 7.53. The Balaban J connectivity index is 1.09. The van der Waals surface area contributed by atoms with Gasteiger partial charge < -0.3 is 5.32 Å². The largest absolute Gasteiger partial charge is 0.351 e. The lowest BCUT2D eigenvalue weighted by molar-refractivity contribution is -0.123. The van der Waals surface area contributed by atoms with Crippen LogP contribution in [0.2, 0.25) is 0 Å². The zero-order valence-electron chi connectivity index (χ0n) is 16.4. The van der Waals surface area contributed by atoms with Gasteiger partial charge in [-0.1, -0.05) is 30.3 Å². The van der Waals surface area contributed by atoms with Crippen molar-refractivity contribution in [2.75, 3.05) is 32.7 Å². The minimum Gasteiger partial charge on any atom is -0.351 e. The second kappa shape index (κ2) is 7.56. The van der Waals surface area contributed by atoms with Gasteiger partial charge in [-0.15, -0.1) is 0 Å². The summed E-state index contributed by atoms with van der Waals surface area (Å²) in [5.74, 6) is 4.21. The summed E-state index contributed by atoms with van der Waals surface area (Å²) >= 11 is 0. The van der Waals surface area contributed by atoms with Gasteiger partial charge in [0.15, 0.2) is 0 Å². The lowest BCUT2D eigenvalue weighted by atomic mass is 9.54. The molecule has 1 heterocycles. The molecular weight excluding hydrogens is 334 g/mol. The van der Waals surface area contributed by atoms with E-state index >= 15 is 0 Å². The Bertz CT molecular complexity index is 625. The van der Waals surface area contributed by atoms with Crippen LogP contribution in [0.5, 0.6) is 0 Å². The first-order valence-electron chi connectivity index (χ1n) is 11.0. The summed E-state index contributed by atoms with van der Waals surface area (Å²) in [6, 6.07) is 11.0. The van der Waals surface area contributed by atoms with E-state index in [-0.39, 0.29) is 5.91 Å². The van der Waals surface area contributed by atoms with E-state index in [1.807, 2.05) is 18.2 Å². The second-order valence-corrected chi connectivity index (χ2v) is 9.50. The Morgan fingerprint density at radius 3 is 2.15 bits per heavy atom. The highest BCUT2D eigenvalue weighted by Gasteiger charge is 2.50. The number of amides is 1. The number of benzene rings is 1. The first-order valence-corrected chi connectivity index (χ1v) is 11.0. The van der Waals surface area contributed by atoms with Crippen molar-refractivity contribution >= 4 is 5.91 Å². The van der Waals surface area contributed by atoms with E-state index in [0.29, 0.717) is 13.1 Å². The van der Waals surface area contributed by atoms with Gasteiger partial charge in [-0.05, 0) is 61.3 Å². The van der Waals surface area contributed by atoms with Crippen LogP contribution in [0.25, 0.3) is 0 Å². The summed E-state index contributed by atoms with van der Waals surface area (Å²) in [6.45, 7) is 5.57. The molecular formula is C23H33N3O. The molecule has 4 nitrogen and oxygen atoms in total. The molecule has 1 aromatic carbocycles. The van der Waals surface area contributed by atoms with Crippen molar-refractivity contribution in [2.24, 2.45) is 23.7 Å². The van der Waals surface area contributed by atoms with Crippen molar-refractivity contribution in [3.63, 3.8) is 0 Å². The van der Waals surface area contributed by atoms with E-state index in [1.54, 1.807) is 0 Å². The third kappa shape index (κ3) is 3.79. The van der Waals surface area contributed by atoms with Crippen LogP contribution in [0, 0.1) is 23.7 Å². The van der Waals surface area contributed by atoms with Crippen molar-refractivity contribution < 1.29 is 4.79 Å². The van der Waals surface area contributed by atoms with Gasteiger partial charge in [0.05, 0.1) is 6.54 Å². The van der Waals surface area contributed by atoms with Gasteiger partial charge in [0.2, 0.25) is 5.91 Å². The predicted molar refractivity (Wildman–Crippen MR) is 107 cm³/mol. The first-order chi connectivity index (χ1) is 13.2. The Labute approximate surface area is 163 Å². The smallest absolute Gasteiger partial charge is 0.234 e. The summed E-state index contributed by atoms with van der Waals surface area (Å²) < 4.78 is 0. The molecule has 0 unspecified atom stereocenters. The molecule has 1 aliphatic heterocycles. The van der Waals surface area contributed by atoms with E-state index in [2.05, 4.69) is 27.2 Å². The third-order valence-electron chi connectivity index (χ3n) is 7.71. The van der Waals surface area contributed by atoms with Crippen LogP contribution in [0.4, 0.5) is 0 Å². The average molecular weight is 368 g/mol. The maximum atomic E-state index is 12.3. The number of piperazine rings is 1. The molecule has 4 saturated carbocycles. The average Bonchev–Trinajstić information content (AvgIpc) is 2.68. The number of hydrogen-bond acceptors (Lipinski definition) is 3. The Morgan fingerprint density at radius 1 is 0.889 bits per heavy atom. The summed E-state index contributed by atoms with van der Waals surface area (Å²) in [4.78, 5) is 17.4. The van der Waals surface area contributed by atoms with Crippen molar-refractivity contribution in [1.82, 2.24) is 15.1 Å². The minimum absolute atomic E-state index is 0.155. The molecule has 27 heavy (non-hydrogen) atoms. The molecule has 1 aromatic rings. The molecule has 1 amide bonds. The lowest BCUT2D eigenvalue weighted by Gasteiger charge is -2.58. The van der Waals surface area contributed by atoms with Gasteiger partial charge in [0.25, 0.3) is 0 Å². The third-order valence-corrected chi connectivity index (χ3v) is 7.71. The molecule has 6 rings (SSSR count). The maximum Gasteiger partial charge on any atom is 0.234 e. The molecule has 1 saturated heterocycles. The van der Waals surface area contributed by atoms with Crippen molar-refractivity contribution in [3.8, 4) is 0 Å². The zero-order valence-corrected chi connectivity index (χ0v) is 16.4. The van der Waals surface area contributed by atoms with Crippen LogP contribution in [-0.2, 0) is 11.3 Å². The quantitative estimate of drug-likeness (QED) is 0.869. The fourth-order valence-corrected chi connectivity index (χ4v) is 6.77. The molecule has 146 valence electrons. The standard InChI is InChI=1S/C23H33N3O/c27-22(24-15-17-4-2-1-3-5-17)16-25-6-8-26(9-7-25)23-20-11-18-10-19(13-20)14-21(23)12-18/h1-5,18-21,23H,6-16H2,(H,24,27). The fourth-order valence-electron chi connectivity index (χ4n) is 6.77. The lowest BCUT2D eigenvalue weighted by Crippen LogP contribution is -2.60. The van der Waals surface area contributed by atoms with Gasteiger partial charge in [-0.2, -0.15) is 0 Å². The van der Waals surface area contributed by atoms with E-state index in [1.165, 1.54) is 32.1 Å². The van der Waals surface area contributed by atoms with Gasteiger partial charge >= 0.3 is 0 Å². The van der Waals surface area contributed by atoms with Gasteiger partial charge in [0, 0.05) is 38.8 Å². The number of carbonyl (C=O) groups is 1. The molecule has 5 aliphatic rings. The fraction of sp³-hybridized carbons (Fsp3) is 0.696. The summed E-state index contributed by atoms with van der Waals surface area (Å²) in [5.41, 5.74) is 1.16. The highest BCUT2D eigenvalue weighted by Crippen LogP contribution is 2.55. The predicted octanol–water partition coefficient (Wildman–Crippen LogP) is 2.75. The van der Waals surface area contributed by atoms with Crippen LogP contribution in [0.15, 0.2) is 30.3 Å². The number of rotatable bonds is 5. The molecule has 5 fully saturated rings. The monoisotopic (exact) mass is 367 g/mol. The van der Waals surface area contributed by atoms with E-state index in [0.717, 1.165) is 61.5 Å². The van der Waals surface area contributed by atoms with Gasteiger partial charge in [0.1, 0.15) is 0 Å². The molecule has 4 heteroatoms. The molecule has 4 aliphatic carbocycles. The van der Waals surface area contributed by atoms with Crippen LogP contribution in [0.3, 0.4) is 0 Å². The molecule has 0 atom stereocenters. The SMILES string of the molecule is O=C(CN1CCN(C2C3CC4CC(C3)CC2C4)CC1)NCc1ccccc1. The van der Waals surface area contributed by atoms with E-state index in [4.69, 9.17) is 0 Å². The normalized spacial score (nSPS) is 36.1. The molecule has 4 bridgehead atoms.